The largest absolute Gasteiger partial charge is 0.395 e. The third-order valence-corrected chi connectivity index (χ3v) is 5.09. The molecule has 1 saturated carbocycles. The molecule has 7 nitrogen and oxygen atoms in total. The topological polar surface area (TPSA) is 99.2 Å². The molecule has 1 aromatic carbocycles. The molecule has 1 aliphatic rings. The Hall–Kier alpha value is -2.74. The van der Waals surface area contributed by atoms with Crippen molar-refractivity contribution in [2.75, 3.05) is 23.8 Å². The van der Waals surface area contributed by atoms with Crippen molar-refractivity contribution in [2.45, 2.75) is 51.1 Å². The van der Waals surface area contributed by atoms with Gasteiger partial charge in [-0.15, -0.1) is 0 Å². The standard InChI is InChI=1S/C21H28FN5O2/c1-14(15-7-9-16(22)10-8-15)25-20(29)18-13-24-21(23-11-12-28)27-19(18)26-17-5-3-2-4-6-17/h7-10,13-14,17,28H,2-6,11-12H2,1H3,(H,25,29)(H2,23,24,26,27)/t14-/m0/s1. The Bertz CT molecular complexity index is 809. The number of amides is 1. The van der Waals surface area contributed by atoms with Gasteiger partial charge in [0.2, 0.25) is 5.95 Å². The van der Waals surface area contributed by atoms with Crippen LogP contribution < -0.4 is 16.0 Å². The molecule has 1 heterocycles. The van der Waals surface area contributed by atoms with Gasteiger partial charge in [0.15, 0.2) is 0 Å². The molecule has 0 bridgehead atoms. The Balaban J connectivity index is 1.77. The van der Waals surface area contributed by atoms with Crippen LogP contribution in [0.2, 0.25) is 0 Å². The van der Waals surface area contributed by atoms with Crippen LogP contribution in [0.3, 0.4) is 0 Å². The first-order valence-electron chi connectivity index (χ1n) is 10.1. The van der Waals surface area contributed by atoms with E-state index in [4.69, 9.17) is 5.11 Å². The number of carbonyl (C=O) groups excluding carboxylic acids is 1. The van der Waals surface area contributed by atoms with E-state index in [0.29, 0.717) is 23.9 Å². The average molecular weight is 401 g/mol. The highest BCUT2D eigenvalue weighted by Gasteiger charge is 2.21. The number of nitrogens with zero attached hydrogens (tertiary/aromatic N) is 2. The third kappa shape index (κ3) is 5.87. The maximum atomic E-state index is 13.1. The van der Waals surface area contributed by atoms with Gasteiger partial charge in [0.05, 0.1) is 12.6 Å². The second kappa shape index (κ2) is 10.2. The predicted molar refractivity (Wildman–Crippen MR) is 110 cm³/mol. The molecule has 0 saturated heterocycles. The lowest BCUT2D eigenvalue weighted by Gasteiger charge is -2.24. The fraction of sp³-hybridized carbons (Fsp3) is 0.476. The predicted octanol–water partition coefficient (Wildman–Crippen LogP) is 3.26. The van der Waals surface area contributed by atoms with Gasteiger partial charge in [0.1, 0.15) is 17.2 Å². The van der Waals surface area contributed by atoms with Gasteiger partial charge in [-0.2, -0.15) is 4.98 Å². The number of carbonyl (C=O) groups is 1. The highest BCUT2D eigenvalue weighted by molar-refractivity contribution is 5.98. The van der Waals surface area contributed by atoms with Crippen molar-refractivity contribution in [1.29, 1.82) is 0 Å². The zero-order chi connectivity index (χ0) is 20.6. The molecule has 3 rings (SSSR count). The Morgan fingerprint density at radius 2 is 1.97 bits per heavy atom. The average Bonchev–Trinajstić information content (AvgIpc) is 2.73. The van der Waals surface area contributed by atoms with E-state index in [0.717, 1.165) is 31.2 Å². The normalized spacial score (nSPS) is 15.6. The van der Waals surface area contributed by atoms with Gasteiger partial charge < -0.3 is 21.1 Å². The summed E-state index contributed by atoms with van der Waals surface area (Å²) in [6.45, 7) is 2.14. The zero-order valence-electron chi connectivity index (χ0n) is 16.6. The quantitative estimate of drug-likeness (QED) is 0.542. The Morgan fingerprint density at radius 3 is 2.66 bits per heavy atom. The fourth-order valence-electron chi connectivity index (χ4n) is 3.46. The molecule has 1 amide bonds. The first-order valence-corrected chi connectivity index (χ1v) is 10.1. The number of aliphatic hydroxyl groups is 1. The summed E-state index contributed by atoms with van der Waals surface area (Å²) in [6.07, 6.45) is 7.11. The summed E-state index contributed by atoms with van der Waals surface area (Å²) in [4.78, 5) is 21.6. The molecule has 4 N–H and O–H groups in total. The van der Waals surface area contributed by atoms with Crippen LogP contribution in [-0.4, -0.2) is 40.2 Å². The molecular formula is C21H28FN5O2. The van der Waals surface area contributed by atoms with E-state index in [1.807, 2.05) is 6.92 Å². The molecule has 29 heavy (non-hydrogen) atoms. The minimum absolute atomic E-state index is 0.0355. The molecule has 1 fully saturated rings. The minimum Gasteiger partial charge on any atom is -0.395 e. The van der Waals surface area contributed by atoms with Crippen molar-refractivity contribution < 1.29 is 14.3 Å². The molecule has 0 unspecified atom stereocenters. The van der Waals surface area contributed by atoms with Crippen LogP contribution in [0, 0.1) is 5.82 Å². The molecule has 1 atom stereocenters. The van der Waals surface area contributed by atoms with Gasteiger partial charge in [0, 0.05) is 18.8 Å². The monoisotopic (exact) mass is 401 g/mol. The van der Waals surface area contributed by atoms with E-state index in [1.165, 1.54) is 24.8 Å². The Labute approximate surface area is 170 Å². The zero-order valence-corrected chi connectivity index (χ0v) is 16.6. The number of rotatable bonds is 8. The van der Waals surface area contributed by atoms with E-state index in [-0.39, 0.29) is 30.4 Å². The number of benzene rings is 1. The van der Waals surface area contributed by atoms with Crippen molar-refractivity contribution in [1.82, 2.24) is 15.3 Å². The molecule has 8 heteroatoms. The van der Waals surface area contributed by atoms with E-state index >= 15 is 0 Å². The first kappa shape index (κ1) is 21.0. The number of aromatic nitrogens is 2. The number of halogens is 1. The van der Waals surface area contributed by atoms with Gasteiger partial charge in [0.25, 0.3) is 5.91 Å². The van der Waals surface area contributed by atoms with Crippen LogP contribution in [0.25, 0.3) is 0 Å². The molecule has 1 aromatic heterocycles. The van der Waals surface area contributed by atoms with Crippen LogP contribution in [0.1, 0.15) is 61.0 Å². The molecule has 0 radical (unpaired) electrons. The van der Waals surface area contributed by atoms with Crippen LogP contribution in [-0.2, 0) is 0 Å². The van der Waals surface area contributed by atoms with Crippen molar-refractivity contribution in [3.63, 3.8) is 0 Å². The lowest BCUT2D eigenvalue weighted by Crippen LogP contribution is -2.30. The number of hydrogen-bond donors (Lipinski definition) is 4. The molecule has 156 valence electrons. The van der Waals surface area contributed by atoms with Crippen LogP contribution in [0.4, 0.5) is 16.2 Å². The highest BCUT2D eigenvalue weighted by atomic mass is 19.1. The van der Waals surface area contributed by atoms with Gasteiger partial charge in [-0.25, -0.2) is 9.37 Å². The van der Waals surface area contributed by atoms with Crippen LogP contribution >= 0.6 is 0 Å². The molecule has 1 aliphatic carbocycles. The SMILES string of the molecule is C[C@H](NC(=O)c1cnc(NCCO)nc1NC1CCCCC1)c1ccc(F)cc1. The lowest BCUT2D eigenvalue weighted by molar-refractivity contribution is 0.0940. The minimum atomic E-state index is -0.314. The Morgan fingerprint density at radius 1 is 1.24 bits per heavy atom. The highest BCUT2D eigenvalue weighted by Crippen LogP contribution is 2.24. The summed E-state index contributed by atoms with van der Waals surface area (Å²) in [7, 11) is 0. The third-order valence-electron chi connectivity index (χ3n) is 5.09. The fourth-order valence-corrected chi connectivity index (χ4v) is 3.46. The van der Waals surface area contributed by atoms with E-state index in [9.17, 15) is 9.18 Å². The van der Waals surface area contributed by atoms with Crippen molar-refractivity contribution >= 4 is 17.7 Å². The maximum absolute atomic E-state index is 13.1. The smallest absolute Gasteiger partial charge is 0.257 e. The Kier molecular flexibility index (Phi) is 7.35. The summed E-state index contributed by atoms with van der Waals surface area (Å²) in [6, 6.07) is 6.03. The van der Waals surface area contributed by atoms with E-state index < -0.39 is 0 Å². The van der Waals surface area contributed by atoms with Gasteiger partial charge in [-0.05, 0) is 37.5 Å². The summed E-state index contributed by atoms with van der Waals surface area (Å²) >= 11 is 0. The number of nitrogens with one attached hydrogen (secondary N) is 3. The maximum Gasteiger partial charge on any atom is 0.257 e. The summed E-state index contributed by atoms with van der Waals surface area (Å²) in [5, 5.41) is 18.3. The second-order valence-electron chi connectivity index (χ2n) is 7.33. The first-order chi connectivity index (χ1) is 14.1. The molecule has 2 aromatic rings. The van der Waals surface area contributed by atoms with Crippen molar-refractivity contribution in [3.8, 4) is 0 Å². The van der Waals surface area contributed by atoms with E-state index in [2.05, 4.69) is 25.9 Å². The van der Waals surface area contributed by atoms with Gasteiger partial charge in [-0.3, -0.25) is 4.79 Å². The second-order valence-corrected chi connectivity index (χ2v) is 7.33. The lowest BCUT2D eigenvalue weighted by atomic mass is 9.95. The molecule has 0 aliphatic heterocycles. The molecule has 0 spiro atoms. The van der Waals surface area contributed by atoms with Crippen molar-refractivity contribution in [3.05, 3.63) is 47.4 Å². The number of aliphatic hydroxyl groups excluding tert-OH is 1. The van der Waals surface area contributed by atoms with Crippen LogP contribution in [0.15, 0.2) is 30.5 Å². The summed E-state index contributed by atoms with van der Waals surface area (Å²) < 4.78 is 13.1. The van der Waals surface area contributed by atoms with E-state index in [1.54, 1.807) is 12.1 Å². The summed E-state index contributed by atoms with van der Waals surface area (Å²) in [5.41, 5.74) is 1.17. The molecular weight excluding hydrogens is 373 g/mol. The van der Waals surface area contributed by atoms with Crippen molar-refractivity contribution in [2.24, 2.45) is 0 Å². The van der Waals surface area contributed by atoms with Gasteiger partial charge >= 0.3 is 0 Å². The number of anilines is 2. The number of hydrogen-bond acceptors (Lipinski definition) is 6. The van der Waals surface area contributed by atoms with Gasteiger partial charge in [-0.1, -0.05) is 31.4 Å². The van der Waals surface area contributed by atoms with Crippen LogP contribution in [0.5, 0.6) is 0 Å². The summed E-state index contributed by atoms with van der Waals surface area (Å²) in [5.74, 6) is 0.232.